The summed E-state index contributed by atoms with van der Waals surface area (Å²) in [6.07, 6.45) is 0. The Balaban J connectivity index is 1.44. The molecule has 2 aromatic rings. The highest BCUT2D eigenvalue weighted by Gasteiger charge is 2.52. The van der Waals surface area contributed by atoms with Crippen molar-refractivity contribution in [3.05, 3.63) is 52.0 Å². The Labute approximate surface area is 144 Å². The van der Waals surface area contributed by atoms with Crippen LogP contribution in [0.5, 0.6) is 0 Å². The number of carbonyl (C=O) groups excluding carboxylic acids is 2. The van der Waals surface area contributed by atoms with E-state index in [2.05, 4.69) is 15.3 Å². The number of benzene rings is 1. The summed E-state index contributed by atoms with van der Waals surface area (Å²) in [5, 5.41) is 3.10. The van der Waals surface area contributed by atoms with Crippen molar-refractivity contribution < 1.29 is 9.59 Å². The first-order chi connectivity index (χ1) is 11.6. The molecule has 4 rings (SSSR count). The van der Waals surface area contributed by atoms with Crippen molar-refractivity contribution in [3.8, 4) is 0 Å². The van der Waals surface area contributed by atoms with Crippen molar-refractivity contribution in [2.45, 2.75) is 20.0 Å². The lowest BCUT2D eigenvalue weighted by Crippen LogP contribution is -2.35. The molecule has 6 heteroatoms. The minimum absolute atomic E-state index is 0.0224. The third-order valence-corrected chi connectivity index (χ3v) is 5.62. The second-order valence-corrected chi connectivity index (χ2v) is 7.58. The molecule has 2 saturated heterocycles. The zero-order valence-electron chi connectivity index (χ0n) is 13.5. The van der Waals surface area contributed by atoms with E-state index in [1.165, 1.54) is 4.90 Å². The molecule has 0 aliphatic carbocycles. The van der Waals surface area contributed by atoms with Crippen molar-refractivity contribution in [1.29, 1.82) is 0 Å². The van der Waals surface area contributed by atoms with Gasteiger partial charge in [-0.3, -0.25) is 19.4 Å². The highest BCUT2D eigenvalue weighted by atomic mass is 32.1. The first-order valence-electron chi connectivity index (χ1n) is 8.14. The molecule has 2 aliphatic heterocycles. The number of rotatable bonds is 4. The van der Waals surface area contributed by atoms with Gasteiger partial charge in [0.25, 0.3) is 0 Å². The summed E-state index contributed by atoms with van der Waals surface area (Å²) in [5.41, 5.74) is 2.02. The summed E-state index contributed by atoms with van der Waals surface area (Å²) in [4.78, 5) is 33.4. The fourth-order valence-electron chi connectivity index (χ4n) is 3.66. The highest BCUT2D eigenvalue weighted by Crippen LogP contribution is 2.34. The number of imide groups is 1. The summed E-state index contributed by atoms with van der Waals surface area (Å²) in [6, 6.07) is 9.69. The van der Waals surface area contributed by atoms with Crippen LogP contribution in [0.2, 0.25) is 0 Å². The van der Waals surface area contributed by atoms with E-state index >= 15 is 0 Å². The minimum atomic E-state index is -0.194. The maximum absolute atomic E-state index is 12.7. The number of aryl methyl sites for hydroxylation is 1. The van der Waals surface area contributed by atoms with E-state index in [1.54, 1.807) is 11.3 Å². The maximum Gasteiger partial charge on any atom is 0.234 e. The molecule has 0 bridgehead atoms. The zero-order valence-corrected chi connectivity index (χ0v) is 14.3. The second kappa shape index (κ2) is 6.11. The minimum Gasteiger partial charge on any atom is -0.296 e. The Morgan fingerprint density at radius 1 is 1.08 bits per heavy atom. The van der Waals surface area contributed by atoms with Crippen LogP contribution < -0.4 is 0 Å². The summed E-state index contributed by atoms with van der Waals surface area (Å²) in [6.45, 7) is 4.39. The number of amides is 2. The molecular weight excluding hydrogens is 322 g/mol. The van der Waals surface area contributed by atoms with Crippen molar-refractivity contribution in [1.82, 2.24) is 14.8 Å². The number of fused-ring (bicyclic) bond motifs is 1. The Bertz CT molecular complexity index is 750. The lowest BCUT2D eigenvalue weighted by molar-refractivity contribution is -0.141. The molecule has 0 spiro atoms. The van der Waals surface area contributed by atoms with Crippen LogP contribution in [0.3, 0.4) is 0 Å². The van der Waals surface area contributed by atoms with E-state index in [-0.39, 0.29) is 23.7 Å². The van der Waals surface area contributed by atoms with E-state index in [9.17, 15) is 9.59 Å². The molecule has 24 heavy (non-hydrogen) atoms. The van der Waals surface area contributed by atoms with Gasteiger partial charge in [0.2, 0.25) is 11.8 Å². The normalized spacial score (nSPS) is 24.0. The molecule has 2 aliphatic rings. The van der Waals surface area contributed by atoms with Crippen molar-refractivity contribution in [3.63, 3.8) is 0 Å². The molecule has 1 aromatic carbocycles. The largest absolute Gasteiger partial charge is 0.296 e. The highest BCUT2D eigenvalue weighted by molar-refractivity contribution is 7.09. The summed E-state index contributed by atoms with van der Waals surface area (Å²) >= 11 is 1.63. The van der Waals surface area contributed by atoms with Crippen LogP contribution in [-0.2, 0) is 22.7 Å². The van der Waals surface area contributed by atoms with Gasteiger partial charge >= 0.3 is 0 Å². The second-order valence-electron chi connectivity index (χ2n) is 6.51. The molecule has 3 heterocycles. The number of likely N-dealkylation sites (tertiary alicyclic amines) is 2. The SMILES string of the molecule is Cc1nc(CN2CC3C(=O)N(Cc4ccccc4)C(=O)C3C2)cs1. The molecule has 0 saturated carbocycles. The fourth-order valence-corrected chi connectivity index (χ4v) is 4.26. The predicted octanol–water partition coefficient (Wildman–Crippen LogP) is 2.07. The van der Waals surface area contributed by atoms with Gasteiger partial charge in [-0.25, -0.2) is 4.98 Å². The van der Waals surface area contributed by atoms with Gasteiger partial charge in [-0.05, 0) is 12.5 Å². The third kappa shape index (κ3) is 2.76. The molecule has 124 valence electrons. The van der Waals surface area contributed by atoms with E-state index < -0.39 is 0 Å². The number of carbonyl (C=O) groups is 2. The Hall–Kier alpha value is -2.05. The van der Waals surface area contributed by atoms with Gasteiger partial charge in [-0.2, -0.15) is 0 Å². The molecule has 2 fully saturated rings. The van der Waals surface area contributed by atoms with E-state index in [0.29, 0.717) is 19.6 Å². The Morgan fingerprint density at radius 3 is 2.33 bits per heavy atom. The van der Waals surface area contributed by atoms with Crippen LogP contribution in [0.15, 0.2) is 35.7 Å². The molecule has 0 N–H and O–H groups in total. The molecule has 5 nitrogen and oxygen atoms in total. The first-order valence-corrected chi connectivity index (χ1v) is 9.02. The van der Waals surface area contributed by atoms with Gasteiger partial charge in [0.15, 0.2) is 0 Å². The van der Waals surface area contributed by atoms with Crippen LogP contribution in [0.25, 0.3) is 0 Å². The molecule has 2 unspecified atom stereocenters. The van der Waals surface area contributed by atoms with Gasteiger partial charge in [-0.1, -0.05) is 30.3 Å². The molecule has 1 aromatic heterocycles. The van der Waals surface area contributed by atoms with Crippen LogP contribution >= 0.6 is 11.3 Å². The van der Waals surface area contributed by atoms with Crippen LogP contribution in [0, 0.1) is 18.8 Å². The van der Waals surface area contributed by atoms with Crippen LogP contribution in [0.1, 0.15) is 16.3 Å². The van der Waals surface area contributed by atoms with Crippen LogP contribution in [0.4, 0.5) is 0 Å². The first kappa shape index (κ1) is 15.5. The van der Waals surface area contributed by atoms with E-state index in [0.717, 1.165) is 22.8 Å². The van der Waals surface area contributed by atoms with E-state index in [4.69, 9.17) is 0 Å². The summed E-state index contributed by atoms with van der Waals surface area (Å²) < 4.78 is 0. The maximum atomic E-state index is 12.7. The number of hydrogen-bond donors (Lipinski definition) is 0. The van der Waals surface area contributed by atoms with Gasteiger partial charge in [0.05, 0.1) is 29.1 Å². The van der Waals surface area contributed by atoms with Crippen LogP contribution in [-0.4, -0.2) is 39.7 Å². The number of hydrogen-bond acceptors (Lipinski definition) is 5. The van der Waals surface area contributed by atoms with Crippen molar-refractivity contribution in [2.75, 3.05) is 13.1 Å². The van der Waals surface area contributed by atoms with E-state index in [1.807, 2.05) is 37.3 Å². The van der Waals surface area contributed by atoms with Crippen molar-refractivity contribution >= 4 is 23.2 Å². The predicted molar refractivity (Wildman–Crippen MR) is 91.1 cm³/mol. The Morgan fingerprint density at radius 2 is 1.75 bits per heavy atom. The lowest BCUT2D eigenvalue weighted by Gasteiger charge is -2.20. The molecule has 2 amide bonds. The number of thiazole rings is 1. The Kier molecular flexibility index (Phi) is 3.94. The zero-order chi connectivity index (χ0) is 16.7. The monoisotopic (exact) mass is 341 g/mol. The van der Waals surface area contributed by atoms with Gasteiger partial charge in [0, 0.05) is 25.0 Å². The van der Waals surface area contributed by atoms with Crippen molar-refractivity contribution in [2.24, 2.45) is 11.8 Å². The molecule has 2 atom stereocenters. The quantitative estimate of drug-likeness (QED) is 0.799. The standard InChI is InChI=1S/C18H19N3O2S/c1-12-19-14(11-24-12)8-20-9-15-16(10-20)18(23)21(17(15)22)7-13-5-3-2-4-6-13/h2-6,11,15-16H,7-10H2,1H3. The number of nitrogens with zero attached hydrogens (tertiary/aromatic N) is 3. The number of aromatic nitrogens is 1. The van der Waals surface area contributed by atoms with Gasteiger partial charge < -0.3 is 0 Å². The van der Waals surface area contributed by atoms with Gasteiger partial charge in [0.1, 0.15) is 0 Å². The lowest BCUT2D eigenvalue weighted by atomic mass is 10.00. The molecular formula is C18H19N3O2S. The average Bonchev–Trinajstić information content (AvgIpc) is 3.23. The smallest absolute Gasteiger partial charge is 0.234 e. The van der Waals surface area contributed by atoms with Gasteiger partial charge in [-0.15, -0.1) is 11.3 Å². The molecule has 0 radical (unpaired) electrons. The topological polar surface area (TPSA) is 53.5 Å². The fraction of sp³-hybridized carbons (Fsp3) is 0.389. The third-order valence-electron chi connectivity index (χ3n) is 4.80. The summed E-state index contributed by atoms with van der Waals surface area (Å²) in [7, 11) is 0. The summed E-state index contributed by atoms with van der Waals surface area (Å²) in [5.74, 6) is -0.432. The average molecular weight is 341 g/mol.